The summed E-state index contributed by atoms with van der Waals surface area (Å²) in [6.45, 7) is 2.85. The Kier molecular flexibility index (Phi) is 1.35. The number of aromatic amines is 1. The smallest absolute Gasteiger partial charge is 0.151 e. The Morgan fingerprint density at radius 3 is 3.27 bits per heavy atom. The zero-order valence-electron chi connectivity index (χ0n) is 6.52. The minimum Gasteiger partial charge on any atom is -0.367 e. The number of aryl methyl sites for hydroxylation is 1. The van der Waals surface area contributed by atoms with E-state index in [2.05, 4.69) is 15.5 Å². The van der Waals surface area contributed by atoms with Crippen LogP contribution in [0.25, 0.3) is 0 Å². The third-order valence-electron chi connectivity index (χ3n) is 2.07. The monoisotopic (exact) mass is 152 g/mol. The number of nitrogens with two attached hydrogens (primary N) is 1. The number of nitrogens with one attached hydrogen (secondary N) is 2. The van der Waals surface area contributed by atoms with Crippen LogP contribution < -0.4 is 11.1 Å². The van der Waals surface area contributed by atoms with E-state index in [0.717, 1.165) is 24.5 Å². The van der Waals surface area contributed by atoms with Gasteiger partial charge in [0.2, 0.25) is 0 Å². The van der Waals surface area contributed by atoms with Gasteiger partial charge in [-0.15, -0.1) is 0 Å². The normalized spacial score (nSPS) is 22.5. The van der Waals surface area contributed by atoms with E-state index in [-0.39, 0.29) is 6.04 Å². The molecule has 4 heteroatoms. The predicted molar refractivity (Wildman–Crippen MR) is 43.5 cm³/mol. The zero-order chi connectivity index (χ0) is 7.84. The summed E-state index contributed by atoms with van der Waals surface area (Å²) in [6.07, 6.45) is 0.935. The van der Waals surface area contributed by atoms with Crippen LogP contribution in [0, 0.1) is 6.92 Å². The molecule has 2 rings (SSSR count). The molecule has 0 aromatic carbocycles. The Labute approximate surface area is 65.2 Å². The van der Waals surface area contributed by atoms with Crippen molar-refractivity contribution in [3.8, 4) is 0 Å². The number of hydrogen-bond donors (Lipinski definition) is 3. The van der Waals surface area contributed by atoms with Gasteiger partial charge < -0.3 is 11.1 Å². The quantitative estimate of drug-likeness (QED) is 0.490. The summed E-state index contributed by atoms with van der Waals surface area (Å²) in [6, 6.07) is 0.235. The Hall–Kier alpha value is -1.03. The molecule has 4 N–H and O–H groups in total. The van der Waals surface area contributed by atoms with Gasteiger partial charge in [-0.1, -0.05) is 0 Å². The molecule has 1 aliphatic heterocycles. The fourth-order valence-corrected chi connectivity index (χ4v) is 1.41. The highest BCUT2D eigenvalue weighted by Crippen LogP contribution is 2.20. The molecule has 1 unspecified atom stereocenters. The number of aromatic nitrogens is 2. The highest BCUT2D eigenvalue weighted by atomic mass is 15.2. The molecule has 0 bridgehead atoms. The summed E-state index contributed by atoms with van der Waals surface area (Å²) < 4.78 is 0. The van der Waals surface area contributed by atoms with Crippen LogP contribution >= 0.6 is 0 Å². The topological polar surface area (TPSA) is 66.7 Å². The number of rotatable bonds is 0. The van der Waals surface area contributed by atoms with Crippen molar-refractivity contribution < 1.29 is 0 Å². The summed E-state index contributed by atoms with van der Waals surface area (Å²) in [7, 11) is 0. The Balaban J connectivity index is 2.37. The van der Waals surface area contributed by atoms with Crippen molar-refractivity contribution in [1.82, 2.24) is 10.2 Å². The number of fused-ring (bicyclic) bond motifs is 1. The van der Waals surface area contributed by atoms with Crippen LogP contribution in [0.5, 0.6) is 0 Å². The van der Waals surface area contributed by atoms with Gasteiger partial charge in [-0.05, 0) is 13.3 Å². The highest BCUT2D eigenvalue weighted by Gasteiger charge is 2.18. The molecule has 4 nitrogen and oxygen atoms in total. The van der Waals surface area contributed by atoms with Crippen LogP contribution in [0.3, 0.4) is 0 Å². The lowest BCUT2D eigenvalue weighted by Crippen LogP contribution is -2.35. The van der Waals surface area contributed by atoms with Crippen molar-refractivity contribution in [2.24, 2.45) is 5.73 Å². The van der Waals surface area contributed by atoms with Crippen LogP contribution in [-0.2, 0) is 6.42 Å². The Morgan fingerprint density at radius 2 is 2.45 bits per heavy atom. The van der Waals surface area contributed by atoms with Crippen LogP contribution in [0.15, 0.2) is 0 Å². The molecule has 1 aromatic heterocycles. The summed E-state index contributed by atoms with van der Waals surface area (Å²) in [5.74, 6) is 0.976. The maximum atomic E-state index is 5.77. The number of hydrogen-bond acceptors (Lipinski definition) is 3. The van der Waals surface area contributed by atoms with E-state index in [1.807, 2.05) is 6.92 Å². The predicted octanol–water partition coefficient (Wildman–Crippen LogP) is 0.0134. The minimum absolute atomic E-state index is 0.235. The molecule has 0 radical (unpaired) electrons. The van der Waals surface area contributed by atoms with Gasteiger partial charge in [-0.3, -0.25) is 5.10 Å². The van der Waals surface area contributed by atoms with Gasteiger partial charge in [0.05, 0.1) is 0 Å². The summed E-state index contributed by atoms with van der Waals surface area (Å²) >= 11 is 0. The molecular weight excluding hydrogens is 140 g/mol. The van der Waals surface area contributed by atoms with Crippen LogP contribution in [0.2, 0.25) is 0 Å². The van der Waals surface area contributed by atoms with Crippen LogP contribution in [-0.4, -0.2) is 22.8 Å². The molecule has 0 amide bonds. The summed E-state index contributed by atoms with van der Waals surface area (Å²) in [4.78, 5) is 0. The van der Waals surface area contributed by atoms with Crippen molar-refractivity contribution >= 4 is 5.82 Å². The molecule has 0 saturated carbocycles. The fourth-order valence-electron chi connectivity index (χ4n) is 1.41. The molecule has 2 heterocycles. The molecular formula is C7H12N4. The maximum absolute atomic E-state index is 5.77. The maximum Gasteiger partial charge on any atom is 0.151 e. The molecule has 0 saturated heterocycles. The Bertz CT molecular complexity index is 265. The highest BCUT2D eigenvalue weighted by molar-refractivity contribution is 5.49. The van der Waals surface area contributed by atoms with Crippen LogP contribution in [0.1, 0.15) is 11.3 Å². The van der Waals surface area contributed by atoms with Gasteiger partial charge >= 0.3 is 0 Å². The standard InChI is InChI=1S/C7H12N4/c1-4-6-2-5(8)3-9-7(6)11-10-4/h5H,2-3,8H2,1H3,(H2,9,10,11). The fraction of sp³-hybridized carbons (Fsp3) is 0.571. The lowest BCUT2D eigenvalue weighted by atomic mass is 10.0. The van der Waals surface area contributed by atoms with E-state index in [4.69, 9.17) is 5.73 Å². The van der Waals surface area contributed by atoms with Gasteiger partial charge in [-0.2, -0.15) is 5.10 Å². The van der Waals surface area contributed by atoms with E-state index in [1.54, 1.807) is 0 Å². The first kappa shape index (κ1) is 6.67. The molecule has 1 atom stereocenters. The third kappa shape index (κ3) is 0.991. The first-order valence-corrected chi connectivity index (χ1v) is 3.80. The second-order valence-electron chi connectivity index (χ2n) is 3.02. The van der Waals surface area contributed by atoms with E-state index in [9.17, 15) is 0 Å². The second kappa shape index (κ2) is 2.23. The Morgan fingerprint density at radius 1 is 1.64 bits per heavy atom. The van der Waals surface area contributed by atoms with Crippen molar-refractivity contribution in [3.05, 3.63) is 11.3 Å². The minimum atomic E-state index is 0.235. The van der Waals surface area contributed by atoms with Crippen molar-refractivity contribution in [2.45, 2.75) is 19.4 Å². The average molecular weight is 152 g/mol. The van der Waals surface area contributed by atoms with Crippen molar-refractivity contribution in [1.29, 1.82) is 0 Å². The van der Waals surface area contributed by atoms with Gasteiger partial charge in [0.1, 0.15) is 0 Å². The lowest BCUT2D eigenvalue weighted by Gasteiger charge is -2.18. The van der Waals surface area contributed by atoms with E-state index < -0.39 is 0 Å². The molecule has 11 heavy (non-hydrogen) atoms. The van der Waals surface area contributed by atoms with E-state index >= 15 is 0 Å². The average Bonchev–Trinajstić information content (AvgIpc) is 2.33. The summed E-state index contributed by atoms with van der Waals surface area (Å²) in [5.41, 5.74) is 8.14. The first-order valence-electron chi connectivity index (χ1n) is 3.80. The molecule has 0 fully saturated rings. The van der Waals surface area contributed by atoms with Gasteiger partial charge in [0, 0.05) is 23.8 Å². The van der Waals surface area contributed by atoms with E-state index in [1.165, 1.54) is 5.56 Å². The zero-order valence-corrected chi connectivity index (χ0v) is 6.52. The molecule has 0 spiro atoms. The SMILES string of the molecule is Cc1[nH]nc2c1CC(N)CN2. The van der Waals surface area contributed by atoms with Gasteiger partial charge in [0.25, 0.3) is 0 Å². The number of nitrogens with zero attached hydrogens (tertiary/aromatic N) is 1. The van der Waals surface area contributed by atoms with Crippen LogP contribution in [0.4, 0.5) is 5.82 Å². The lowest BCUT2D eigenvalue weighted by molar-refractivity contribution is 0.676. The number of anilines is 1. The molecule has 0 aliphatic carbocycles. The first-order chi connectivity index (χ1) is 5.27. The number of H-pyrrole nitrogens is 1. The van der Waals surface area contributed by atoms with E-state index in [0.29, 0.717) is 0 Å². The molecule has 60 valence electrons. The van der Waals surface area contributed by atoms with Gasteiger partial charge in [-0.25, -0.2) is 0 Å². The molecule has 1 aromatic rings. The summed E-state index contributed by atoms with van der Waals surface area (Å²) in [5, 5.41) is 10.2. The second-order valence-corrected chi connectivity index (χ2v) is 3.02. The largest absolute Gasteiger partial charge is 0.367 e. The van der Waals surface area contributed by atoms with Gasteiger partial charge in [0.15, 0.2) is 5.82 Å². The molecule has 1 aliphatic rings. The third-order valence-corrected chi connectivity index (χ3v) is 2.07. The van der Waals surface area contributed by atoms with Crippen molar-refractivity contribution in [3.63, 3.8) is 0 Å². The van der Waals surface area contributed by atoms with Crippen molar-refractivity contribution in [2.75, 3.05) is 11.9 Å².